The number of nitrogens with one attached hydrogen (secondary N) is 1. The van der Waals surface area contributed by atoms with Crippen molar-refractivity contribution in [2.45, 2.75) is 44.6 Å². The van der Waals surface area contributed by atoms with Gasteiger partial charge in [0, 0.05) is 18.9 Å². The molecule has 0 aromatic heterocycles. The molecule has 0 unspecified atom stereocenters. The predicted octanol–water partition coefficient (Wildman–Crippen LogP) is 1.77. The number of ether oxygens (including phenoxy) is 1. The number of anilines is 1. The third kappa shape index (κ3) is 4.43. The molecule has 1 aliphatic heterocycles. The molecule has 7 heteroatoms. The molecule has 1 aliphatic carbocycles. The van der Waals surface area contributed by atoms with Crippen LogP contribution in [0.2, 0.25) is 0 Å². The fourth-order valence-electron chi connectivity index (χ4n) is 3.03. The molecule has 0 atom stereocenters. The van der Waals surface area contributed by atoms with Crippen LogP contribution in [-0.4, -0.2) is 36.1 Å². The number of hydrogen-bond donors (Lipinski definition) is 1. The second-order valence-corrected chi connectivity index (χ2v) is 6.21. The molecule has 0 spiro atoms. The van der Waals surface area contributed by atoms with Crippen molar-refractivity contribution in [3.8, 4) is 0 Å². The summed E-state index contributed by atoms with van der Waals surface area (Å²) < 4.78 is 5.05. The van der Waals surface area contributed by atoms with Crippen LogP contribution in [0.3, 0.4) is 0 Å². The molecular weight excluding hydrogens is 322 g/mol. The van der Waals surface area contributed by atoms with Gasteiger partial charge in [0.25, 0.3) is 5.91 Å². The van der Waals surface area contributed by atoms with Crippen LogP contribution in [0.15, 0.2) is 35.4 Å². The van der Waals surface area contributed by atoms with Gasteiger partial charge in [-0.05, 0) is 25.0 Å². The average Bonchev–Trinajstić information content (AvgIpc) is 3.14. The minimum Gasteiger partial charge on any atom is -0.451 e. The molecule has 7 nitrogen and oxygen atoms in total. The molecule has 3 rings (SSSR count). The van der Waals surface area contributed by atoms with E-state index in [0.29, 0.717) is 5.69 Å². The summed E-state index contributed by atoms with van der Waals surface area (Å²) in [6.45, 7) is -0.326. The van der Waals surface area contributed by atoms with Gasteiger partial charge in [-0.25, -0.2) is 9.80 Å². The van der Waals surface area contributed by atoms with Gasteiger partial charge in [0.15, 0.2) is 6.61 Å². The van der Waals surface area contributed by atoms with Crippen molar-refractivity contribution in [3.63, 3.8) is 0 Å². The van der Waals surface area contributed by atoms with Crippen LogP contribution in [0.5, 0.6) is 0 Å². The summed E-state index contributed by atoms with van der Waals surface area (Å²) in [5, 5.41) is 8.17. The zero-order chi connectivity index (χ0) is 17.6. The summed E-state index contributed by atoms with van der Waals surface area (Å²) in [5.41, 5.74) is 0.744. The Hall–Kier alpha value is -2.70. The van der Waals surface area contributed by atoms with Gasteiger partial charge in [0.2, 0.25) is 5.91 Å². The fraction of sp³-hybridized carbons (Fsp3) is 0.444. The van der Waals surface area contributed by atoms with Crippen LogP contribution in [0, 0.1) is 0 Å². The lowest BCUT2D eigenvalue weighted by molar-refractivity contribution is -0.142. The zero-order valence-electron chi connectivity index (χ0n) is 13.9. The lowest BCUT2D eigenvalue weighted by Crippen LogP contribution is -2.38. The van der Waals surface area contributed by atoms with Crippen LogP contribution in [-0.2, 0) is 19.1 Å². The molecule has 0 saturated heterocycles. The third-order valence-electron chi connectivity index (χ3n) is 4.32. The van der Waals surface area contributed by atoms with E-state index in [2.05, 4.69) is 10.4 Å². The van der Waals surface area contributed by atoms with Crippen LogP contribution >= 0.6 is 0 Å². The first-order valence-electron chi connectivity index (χ1n) is 8.55. The number of rotatable bonds is 5. The van der Waals surface area contributed by atoms with E-state index in [-0.39, 0.29) is 43.0 Å². The standard InChI is InChI=1S/C18H21N3O4/c22-16(19-13-6-4-5-7-13)12-25-18(24)15-10-11-17(23)21(20-15)14-8-2-1-3-9-14/h1-3,8-9,13H,4-7,10-12H2,(H,19,22). The van der Waals surface area contributed by atoms with Crippen molar-refractivity contribution >= 4 is 29.2 Å². The van der Waals surface area contributed by atoms with Gasteiger partial charge in [-0.1, -0.05) is 31.0 Å². The van der Waals surface area contributed by atoms with Gasteiger partial charge in [0.05, 0.1) is 5.69 Å². The molecule has 1 N–H and O–H groups in total. The van der Waals surface area contributed by atoms with E-state index in [1.165, 1.54) is 5.01 Å². The minimum atomic E-state index is -0.657. The molecule has 1 aromatic carbocycles. The van der Waals surface area contributed by atoms with Gasteiger partial charge in [0.1, 0.15) is 5.71 Å². The molecule has 25 heavy (non-hydrogen) atoms. The highest BCUT2D eigenvalue weighted by Crippen LogP contribution is 2.20. The smallest absolute Gasteiger partial charge is 0.355 e. The number of amides is 2. The Morgan fingerprint density at radius 2 is 1.88 bits per heavy atom. The number of carbonyl (C=O) groups is 3. The first kappa shape index (κ1) is 17.1. The number of benzene rings is 1. The van der Waals surface area contributed by atoms with E-state index in [1.54, 1.807) is 24.3 Å². The van der Waals surface area contributed by atoms with Crippen LogP contribution in [0.25, 0.3) is 0 Å². The van der Waals surface area contributed by atoms with Gasteiger partial charge in [-0.3, -0.25) is 9.59 Å². The second kappa shape index (κ2) is 7.92. The number of hydrazone groups is 1. The molecule has 1 saturated carbocycles. The summed E-state index contributed by atoms with van der Waals surface area (Å²) in [5.74, 6) is -1.13. The van der Waals surface area contributed by atoms with E-state index < -0.39 is 5.97 Å². The molecule has 0 radical (unpaired) electrons. The van der Waals surface area contributed by atoms with E-state index in [0.717, 1.165) is 25.7 Å². The van der Waals surface area contributed by atoms with Crippen molar-refractivity contribution in [1.82, 2.24) is 5.32 Å². The Labute approximate surface area is 146 Å². The van der Waals surface area contributed by atoms with E-state index in [4.69, 9.17) is 4.74 Å². The predicted molar refractivity (Wildman–Crippen MR) is 92.0 cm³/mol. The number of nitrogens with zero attached hydrogens (tertiary/aromatic N) is 2. The van der Waals surface area contributed by atoms with Crippen molar-refractivity contribution in [2.24, 2.45) is 5.10 Å². The number of hydrogen-bond acceptors (Lipinski definition) is 5. The van der Waals surface area contributed by atoms with Crippen molar-refractivity contribution in [1.29, 1.82) is 0 Å². The summed E-state index contributed by atoms with van der Waals surface area (Å²) in [7, 11) is 0. The molecular formula is C18H21N3O4. The van der Waals surface area contributed by atoms with Crippen LogP contribution in [0.1, 0.15) is 38.5 Å². The Morgan fingerprint density at radius 3 is 2.60 bits per heavy atom. The van der Waals surface area contributed by atoms with Crippen LogP contribution < -0.4 is 10.3 Å². The molecule has 0 bridgehead atoms. The largest absolute Gasteiger partial charge is 0.451 e. The SMILES string of the molecule is O=C(COC(=O)C1=NN(c2ccccc2)C(=O)CC1)NC1CCCC1. The lowest BCUT2D eigenvalue weighted by atomic mass is 10.1. The maximum absolute atomic E-state index is 12.2. The van der Waals surface area contributed by atoms with Crippen molar-refractivity contribution in [2.75, 3.05) is 11.6 Å². The highest BCUT2D eigenvalue weighted by Gasteiger charge is 2.27. The van der Waals surface area contributed by atoms with Gasteiger partial charge >= 0.3 is 5.97 Å². The molecule has 1 fully saturated rings. The highest BCUT2D eigenvalue weighted by molar-refractivity contribution is 6.38. The Kier molecular flexibility index (Phi) is 5.42. The first-order valence-corrected chi connectivity index (χ1v) is 8.55. The molecule has 1 aromatic rings. The Bertz CT molecular complexity index is 681. The van der Waals surface area contributed by atoms with E-state index in [1.807, 2.05) is 6.07 Å². The van der Waals surface area contributed by atoms with E-state index >= 15 is 0 Å². The first-order chi connectivity index (χ1) is 12.1. The number of para-hydroxylation sites is 1. The summed E-state index contributed by atoms with van der Waals surface area (Å²) in [4.78, 5) is 36.0. The second-order valence-electron chi connectivity index (χ2n) is 6.21. The maximum atomic E-state index is 12.2. The maximum Gasteiger partial charge on any atom is 0.355 e. The Morgan fingerprint density at radius 1 is 1.16 bits per heavy atom. The minimum absolute atomic E-state index is 0.150. The zero-order valence-corrected chi connectivity index (χ0v) is 13.9. The summed E-state index contributed by atoms with van der Waals surface area (Å²) in [6, 6.07) is 9.08. The fourth-order valence-corrected chi connectivity index (χ4v) is 3.03. The topological polar surface area (TPSA) is 88.1 Å². The normalized spacial score (nSPS) is 18.0. The number of esters is 1. The summed E-state index contributed by atoms with van der Waals surface area (Å²) in [6.07, 6.45) is 4.57. The molecule has 2 aliphatic rings. The van der Waals surface area contributed by atoms with Crippen molar-refractivity contribution < 1.29 is 19.1 Å². The molecule has 132 valence electrons. The molecule has 2 amide bonds. The van der Waals surface area contributed by atoms with Crippen molar-refractivity contribution in [3.05, 3.63) is 30.3 Å². The molecule has 1 heterocycles. The van der Waals surface area contributed by atoms with Crippen LogP contribution in [0.4, 0.5) is 5.69 Å². The number of carbonyl (C=O) groups excluding carboxylic acids is 3. The quantitative estimate of drug-likeness (QED) is 0.825. The average molecular weight is 343 g/mol. The van der Waals surface area contributed by atoms with Gasteiger partial charge < -0.3 is 10.1 Å². The Balaban J connectivity index is 1.57. The summed E-state index contributed by atoms with van der Waals surface area (Å²) >= 11 is 0. The highest BCUT2D eigenvalue weighted by atomic mass is 16.5. The van der Waals surface area contributed by atoms with Gasteiger partial charge in [-0.15, -0.1) is 0 Å². The van der Waals surface area contributed by atoms with Gasteiger partial charge in [-0.2, -0.15) is 5.10 Å². The van der Waals surface area contributed by atoms with E-state index in [9.17, 15) is 14.4 Å². The monoisotopic (exact) mass is 343 g/mol. The third-order valence-corrected chi connectivity index (χ3v) is 4.32. The lowest BCUT2D eigenvalue weighted by Gasteiger charge is -2.22.